The van der Waals surface area contributed by atoms with Crippen LogP contribution in [-0.2, 0) is 4.79 Å². The molecule has 1 aliphatic heterocycles. The van der Waals surface area contributed by atoms with Gasteiger partial charge in [0, 0.05) is 5.92 Å². The molecule has 1 rings (SSSR count). The molecule has 0 spiro atoms. The monoisotopic (exact) mass is 193 g/mol. The molecule has 0 aromatic heterocycles. The van der Waals surface area contributed by atoms with Gasteiger partial charge in [0.1, 0.15) is 5.92 Å². The van der Waals surface area contributed by atoms with Crippen LogP contribution >= 0.6 is 12.6 Å². The third-order valence-electron chi connectivity index (χ3n) is 1.99. The first-order chi connectivity index (χ1) is 6.11. The quantitative estimate of drug-likeness (QED) is 0.552. The molecule has 13 heavy (non-hydrogen) atoms. The second-order valence-corrected chi connectivity index (χ2v) is 3.21. The molecule has 2 atom stereocenters. The highest BCUT2D eigenvalue weighted by Gasteiger charge is 2.33. The zero-order chi connectivity index (χ0) is 10.0. The molecule has 0 aliphatic carbocycles. The Hall–Kier alpha value is -1.46. The van der Waals surface area contributed by atoms with E-state index in [1.54, 1.807) is 6.92 Å². The van der Waals surface area contributed by atoms with Gasteiger partial charge in [0.05, 0.1) is 22.7 Å². The number of hydrogen-bond donors (Lipinski definition) is 2. The van der Waals surface area contributed by atoms with Crippen molar-refractivity contribution in [2.45, 2.75) is 6.92 Å². The van der Waals surface area contributed by atoms with Gasteiger partial charge in [0.25, 0.3) is 0 Å². The Morgan fingerprint density at radius 2 is 2.15 bits per heavy atom. The predicted octanol–water partition coefficient (Wildman–Crippen LogP) is 0.557. The van der Waals surface area contributed by atoms with Crippen LogP contribution in [0.3, 0.4) is 0 Å². The van der Waals surface area contributed by atoms with Crippen molar-refractivity contribution in [1.82, 2.24) is 5.32 Å². The van der Waals surface area contributed by atoms with Crippen molar-refractivity contribution >= 4 is 18.5 Å². The van der Waals surface area contributed by atoms with Crippen molar-refractivity contribution < 1.29 is 4.79 Å². The van der Waals surface area contributed by atoms with Crippen molar-refractivity contribution in [3.63, 3.8) is 0 Å². The van der Waals surface area contributed by atoms with Gasteiger partial charge in [-0.1, -0.05) is 6.92 Å². The van der Waals surface area contributed by atoms with E-state index >= 15 is 0 Å². The second-order valence-electron chi connectivity index (χ2n) is 2.76. The summed E-state index contributed by atoms with van der Waals surface area (Å²) < 4.78 is 0. The van der Waals surface area contributed by atoms with Gasteiger partial charge in [-0.25, -0.2) is 0 Å². The van der Waals surface area contributed by atoms with Gasteiger partial charge in [-0.05, 0) is 0 Å². The number of rotatable bonds is 0. The van der Waals surface area contributed by atoms with Crippen LogP contribution in [-0.4, -0.2) is 5.91 Å². The van der Waals surface area contributed by atoms with E-state index in [1.165, 1.54) is 0 Å². The fraction of sp³-hybridized carbons (Fsp3) is 0.375. The number of carbonyl (C=O) groups excluding carboxylic acids is 1. The number of amides is 1. The molecule has 4 nitrogen and oxygen atoms in total. The minimum atomic E-state index is -0.787. The van der Waals surface area contributed by atoms with Crippen LogP contribution in [0.4, 0.5) is 0 Å². The maximum atomic E-state index is 11.2. The molecule has 0 saturated heterocycles. The minimum Gasteiger partial charge on any atom is -0.319 e. The Balaban J connectivity index is 3.13. The van der Waals surface area contributed by atoms with E-state index in [0.717, 1.165) is 0 Å². The lowest BCUT2D eigenvalue weighted by atomic mass is 9.86. The number of thiol groups is 1. The van der Waals surface area contributed by atoms with Gasteiger partial charge in [-0.2, -0.15) is 10.5 Å². The van der Waals surface area contributed by atoms with Crippen LogP contribution in [0.2, 0.25) is 0 Å². The molecule has 0 aromatic carbocycles. The Labute approximate surface area is 81.3 Å². The second kappa shape index (κ2) is 3.51. The van der Waals surface area contributed by atoms with E-state index in [-0.39, 0.29) is 16.9 Å². The minimum absolute atomic E-state index is 0.256. The first-order valence-corrected chi connectivity index (χ1v) is 4.10. The van der Waals surface area contributed by atoms with Crippen molar-refractivity contribution in [3.05, 3.63) is 10.6 Å². The van der Waals surface area contributed by atoms with E-state index in [9.17, 15) is 4.79 Å². The van der Waals surface area contributed by atoms with Crippen LogP contribution in [0.25, 0.3) is 0 Å². The summed E-state index contributed by atoms with van der Waals surface area (Å²) in [5.74, 6) is -1.55. The topological polar surface area (TPSA) is 76.7 Å². The predicted molar refractivity (Wildman–Crippen MR) is 48.0 cm³/mol. The number of carbonyl (C=O) groups is 1. The van der Waals surface area contributed by atoms with E-state index in [1.807, 2.05) is 12.1 Å². The van der Waals surface area contributed by atoms with Gasteiger partial charge in [0.15, 0.2) is 0 Å². The number of nitriles is 2. The number of allylic oxidation sites excluding steroid dienone is 1. The molecule has 66 valence electrons. The van der Waals surface area contributed by atoms with E-state index < -0.39 is 5.92 Å². The van der Waals surface area contributed by atoms with Gasteiger partial charge >= 0.3 is 0 Å². The van der Waals surface area contributed by atoms with Crippen LogP contribution in [0.1, 0.15) is 6.92 Å². The molecular weight excluding hydrogens is 186 g/mol. The van der Waals surface area contributed by atoms with Gasteiger partial charge in [-0.15, -0.1) is 12.6 Å². The first-order valence-electron chi connectivity index (χ1n) is 3.65. The Morgan fingerprint density at radius 1 is 1.54 bits per heavy atom. The van der Waals surface area contributed by atoms with Crippen molar-refractivity contribution in [2.24, 2.45) is 11.8 Å². The maximum Gasteiger partial charge on any atom is 0.242 e. The fourth-order valence-corrected chi connectivity index (χ4v) is 1.56. The third-order valence-corrected chi connectivity index (χ3v) is 2.35. The van der Waals surface area contributed by atoms with Gasteiger partial charge in [0.2, 0.25) is 5.91 Å². The average Bonchev–Trinajstić information content (AvgIpc) is 2.04. The van der Waals surface area contributed by atoms with Gasteiger partial charge < -0.3 is 5.32 Å². The molecule has 1 N–H and O–H groups in total. The molecule has 1 amide bonds. The summed E-state index contributed by atoms with van der Waals surface area (Å²) in [5, 5.41) is 20.0. The molecule has 0 fully saturated rings. The normalized spacial score (nSPS) is 27.5. The van der Waals surface area contributed by atoms with Crippen molar-refractivity contribution in [1.29, 1.82) is 10.5 Å². The molecule has 0 bridgehead atoms. The Bertz CT molecular complexity index is 361. The zero-order valence-electron chi connectivity index (χ0n) is 6.90. The first kappa shape index (κ1) is 9.63. The number of hydrogen-bond acceptors (Lipinski definition) is 4. The molecule has 1 aliphatic rings. The largest absolute Gasteiger partial charge is 0.319 e. The lowest BCUT2D eigenvalue weighted by molar-refractivity contribution is -0.123. The highest BCUT2D eigenvalue weighted by Crippen LogP contribution is 2.27. The zero-order valence-corrected chi connectivity index (χ0v) is 7.80. The van der Waals surface area contributed by atoms with Gasteiger partial charge in [-0.3, -0.25) is 4.79 Å². The summed E-state index contributed by atoms with van der Waals surface area (Å²) in [4.78, 5) is 11.2. The average molecular weight is 193 g/mol. The summed E-state index contributed by atoms with van der Waals surface area (Å²) in [6, 6.07) is 3.78. The van der Waals surface area contributed by atoms with Crippen LogP contribution in [0.5, 0.6) is 0 Å². The van der Waals surface area contributed by atoms with E-state index in [2.05, 4.69) is 17.9 Å². The summed E-state index contributed by atoms with van der Waals surface area (Å²) in [6.07, 6.45) is 0. The van der Waals surface area contributed by atoms with Crippen LogP contribution < -0.4 is 5.32 Å². The third kappa shape index (κ3) is 1.51. The maximum absolute atomic E-state index is 11.2. The molecule has 0 saturated carbocycles. The molecule has 1 heterocycles. The van der Waals surface area contributed by atoms with E-state index in [4.69, 9.17) is 10.5 Å². The molecular formula is C8H7N3OS. The molecule has 5 heteroatoms. The van der Waals surface area contributed by atoms with Crippen LogP contribution in [0.15, 0.2) is 10.6 Å². The number of nitrogens with one attached hydrogen (secondary N) is 1. The fourth-order valence-electron chi connectivity index (χ4n) is 1.20. The summed E-state index contributed by atoms with van der Waals surface area (Å²) in [5.41, 5.74) is 0.356. The lowest BCUT2D eigenvalue weighted by Crippen LogP contribution is -2.38. The standard InChI is InChI=1S/C8H7N3OS/c1-4-5(2-9)7(12)11-8(13)6(4)3-10/h4-5,13H,1H3,(H,11,12)/t4-,5+/m0/s1. The Kier molecular flexibility index (Phi) is 2.60. The summed E-state index contributed by atoms with van der Waals surface area (Å²) in [6.45, 7) is 1.67. The van der Waals surface area contributed by atoms with Crippen LogP contribution in [0, 0.1) is 34.5 Å². The highest BCUT2D eigenvalue weighted by molar-refractivity contribution is 7.84. The highest BCUT2D eigenvalue weighted by atomic mass is 32.1. The van der Waals surface area contributed by atoms with Crippen molar-refractivity contribution in [3.8, 4) is 12.1 Å². The van der Waals surface area contributed by atoms with E-state index in [0.29, 0.717) is 5.57 Å². The Morgan fingerprint density at radius 3 is 2.62 bits per heavy atom. The molecule has 0 aromatic rings. The summed E-state index contributed by atoms with van der Waals surface area (Å²) >= 11 is 3.95. The van der Waals surface area contributed by atoms with Crippen molar-refractivity contribution in [2.75, 3.05) is 0 Å². The summed E-state index contributed by atoms with van der Waals surface area (Å²) in [7, 11) is 0. The number of nitrogens with zero attached hydrogens (tertiary/aromatic N) is 2. The smallest absolute Gasteiger partial charge is 0.242 e. The SMILES string of the molecule is C[C@@H]1C(C#N)=C(S)NC(=O)[C@@H]1C#N. The molecule has 0 unspecified atom stereocenters. The molecule has 0 radical (unpaired) electrons. The lowest BCUT2D eigenvalue weighted by Gasteiger charge is -2.23.